The van der Waals surface area contributed by atoms with Gasteiger partial charge in [0.15, 0.2) is 5.16 Å². The monoisotopic (exact) mass is 436 g/mol. The Hall–Kier alpha value is -2.47. The van der Waals surface area contributed by atoms with Gasteiger partial charge in [0.2, 0.25) is 5.91 Å². The summed E-state index contributed by atoms with van der Waals surface area (Å²) in [4.78, 5) is 18.4. The number of hydrogen-bond donors (Lipinski definition) is 0. The Balaban J connectivity index is 1.78. The van der Waals surface area contributed by atoms with Gasteiger partial charge < -0.3 is 9.47 Å². The summed E-state index contributed by atoms with van der Waals surface area (Å²) in [6, 6.07) is 11.0. The highest BCUT2D eigenvalue weighted by atomic mass is 32.2. The van der Waals surface area contributed by atoms with Crippen LogP contribution in [0.1, 0.15) is 32.1 Å². The van der Waals surface area contributed by atoms with Crippen LogP contribution in [-0.4, -0.2) is 44.9 Å². The zero-order valence-corrected chi connectivity index (χ0v) is 17.5. The smallest absolute Gasteiger partial charge is 0.326 e. The largest absolute Gasteiger partial charge is 0.406 e. The third kappa shape index (κ3) is 4.98. The number of imidazole rings is 1. The maximum atomic E-state index is 13.2. The molecule has 9 heteroatoms. The molecule has 1 fully saturated rings. The van der Waals surface area contributed by atoms with Gasteiger partial charge in [0.05, 0.1) is 23.7 Å². The van der Waals surface area contributed by atoms with Gasteiger partial charge in [-0.25, -0.2) is 4.98 Å². The van der Waals surface area contributed by atoms with Crippen molar-refractivity contribution in [3.63, 3.8) is 0 Å². The quantitative estimate of drug-likeness (QED) is 0.605. The number of hydrogen-bond acceptors (Lipinski definition) is 4. The van der Waals surface area contributed by atoms with E-state index in [4.69, 9.17) is 0 Å². The number of aromatic nitrogens is 2. The molecule has 0 atom stereocenters. The predicted octanol–water partition coefficient (Wildman–Crippen LogP) is 4.89. The van der Waals surface area contributed by atoms with E-state index in [1.165, 1.54) is 11.1 Å². The van der Waals surface area contributed by atoms with Crippen LogP contribution in [0.2, 0.25) is 0 Å². The second-order valence-corrected chi connectivity index (χ2v) is 8.38. The highest BCUT2D eigenvalue weighted by molar-refractivity contribution is 7.99. The normalized spacial score (nSPS) is 16.1. The molecule has 0 radical (unpaired) electrons. The van der Waals surface area contributed by atoms with E-state index in [-0.39, 0.29) is 16.8 Å². The van der Waals surface area contributed by atoms with E-state index in [1.807, 2.05) is 0 Å². The molecular formula is C21H23F3N4OS. The van der Waals surface area contributed by atoms with Gasteiger partial charge in [-0.1, -0.05) is 61.4 Å². The molecule has 2 aromatic rings. The summed E-state index contributed by atoms with van der Waals surface area (Å²) in [7, 11) is 1.61. The van der Waals surface area contributed by atoms with Crippen molar-refractivity contribution in [3.8, 4) is 17.3 Å². The summed E-state index contributed by atoms with van der Waals surface area (Å²) >= 11 is 0.964. The highest BCUT2D eigenvalue weighted by Gasteiger charge is 2.39. The lowest BCUT2D eigenvalue weighted by Gasteiger charge is -2.39. The first-order valence-electron chi connectivity index (χ1n) is 9.74. The van der Waals surface area contributed by atoms with Crippen LogP contribution >= 0.6 is 11.8 Å². The molecule has 1 aliphatic carbocycles. The number of carbonyl (C=O) groups is 1. The third-order valence-electron chi connectivity index (χ3n) is 5.46. The SMILES string of the molecule is CN(C(=O)CSc1ncc(-c2ccccc2)n1CC(F)(F)F)C1(C#N)CCCCC1. The van der Waals surface area contributed by atoms with E-state index >= 15 is 0 Å². The first-order valence-corrected chi connectivity index (χ1v) is 10.7. The van der Waals surface area contributed by atoms with Gasteiger partial charge in [-0.05, 0) is 18.4 Å². The molecule has 0 unspecified atom stereocenters. The maximum absolute atomic E-state index is 13.2. The van der Waals surface area contributed by atoms with Crippen molar-refractivity contribution < 1.29 is 18.0 Å². The van der Waals surface area contributed by atoms with E-state index in [2.05, 4.69) is 11.1 Å². The van der Waals surface area contributed by atoms with E-state index in [1.54, 1.807) is 37.4 Å². The minimum Gasteiger partial charge on any atom is -0.326 e. The van der Waals surface area contributed by atoms with Gasteiger partial charge in [0, 0.05) is 7.05 Å². The van der Waals surface area contributed by atoms with Crippen LogP contribution in [0.25, 0.3) is 11.3 Å². The molecule has 1 aromatic heterocycles. The molecule has 0 spiro atoms. The van der Waals surface area contributed by atoms with E-state index in [9.17, 15) is 23.2 Å². The molecule has 1 saturated carbocycles. The number of nitriles is 1. The van der Waals surface area contributed by atoms with Crippen LogP contribution in [0, 0.1) is 11.3 Å². The minimum atomic E-state index is -4.42. The van der Waals surface area contributed by atoms with Crippen molar-refractivity contribution in [2.24, 2.45) is 0 Å². The van der Waals surface area contributed by atoms with Gasteiger partial charge in [0.1, 0.15) is 12.1 Å². The van der Waals surface area contributed by atoms with Crippen LogP contribution in [0.4, 0.5) is 13.2 Å². The summed E-state index contributed by atoms with van der Waals surface area (Å²) in [6.07, 6.45) is 1.03. The maximum Gasteiger partial charge on any atom is 0.406 e. The molecule has 1 heterocycles. The Morgan fingerprint density at radius 1 is 1.27 bits per heavy atom. The first-order chi connectivity index (χ1) is 14.3. The molecule has 1 amide bonds. The summed E-state index contributed by atoms with van der Waals surface area (Å²) < 4.78 is 40.7. The lowest BCUT2D eigenvalue weighted by atomic mass is 9.81. The van der Waals surface area contributed by atoms with Crippen molar-refractivity contribution in [1.29, 1.82) is 5.26 Å². The molecule has 0 N–H and O–H groups in total. The highest BCUT2D eigenvalue weighted by Crippen LogP contribution is 2.34. The fraction of sp³-hybridized carbons (Fsp3) is 0.476. The summed E-state index contributed by atoms with van der Waals surface area (Å²) in [6.45, 7) is -1.19. The number of halogens is 3. The fourth-order valence-corrected chi connectivity index (χ4v) is 4.66. The van der Waals surface area contributed by atoms with Crippen LogP contribution in [0.3, 0.4) is 0 Å². The van der Waals surface area contributed by atoms with Gasteiger partial charge >= 0.3 is 6.18 Å². The zero-order valence-electron chi connectivity index (χ0n) is 16.7. The molecule has 0 aliphatic heterocycles. The fourth-order valence-electron chi connectivity index (χ4n) is 3.77. The first kappa shape index (κ1) is 22.2. The van der Waals surface area contributed by atoms with Gasteiger partial charge in [-0.3, -0.25) is 4.79 Å². The van der Waals surface area contributed by atoms with Crippen molar-refractivity contribution >= 4 is 17.7 Å². The van der Waals surface area contributed by atoms with Gasteiger partial charge in [0.25, 0.3) is 0 Å². The second-order valence-electron chi connectivity index (χ2n) is 7.44. The van der Waals surface area contributed by atoms with Crippen molar-refractivity contribution in [2.45, 2.75) is 55.5 Å². The van der Waals surface area contributed by atoms with Crippen LogP contribution < -0.4 is 0 Å². The molecule has 5 nitrogen and oxygen atoms in total. The molecule has 3 rings (SSSR count). The molecule has 1 aromatic carbocycles. The molecule has 0 saturated heterocycles. The van der Waals surface area contributed by atoms with E-state index < -0.39 is 18.3 Å². The summed E-state index contributed by atoms with van der Waals surface area (Å²) in [5, 5.41) is 9.78. The average molecular weight is 437 g/mol. The van der Waals surface area contributed by atoms with Crippen molar-refractivity contribution in [2.75, 3.05) is 12.8 Å². The lowest BCUT2D eigenvalue weighted by Crippen LogP contribution is -2.50. The average Bonchev–Trinajstić information content (AvgIpc) is 3.13. The van der Waals surface area contributed by atoms with Crippen LogP contribution in [0.15, 0.2) is 41.7 Å². The van der Waals surface area contributed by atoms with E-state index in [0.29, 0.717) is 24.1 Å². The molecule has 160 valence electrons. The Labute approximate surface area is 177 Å². The number of rotatable bonds is 6. The number of carbonyl (C=O) groups excluding carboxylic acids is 1. The Bertz CT molecular complexity index is 915. The number of nitrogens with zero attached hydrogens (tertiary/aromatic N) is 4. The molecule has 30 heavy (non-hydrogen) atoms. The third-order valence-corrected chi connectivity index (χ3v) is 6.43. The summed E-state index contributed by atoms with van der Waals surface area (Å²) in [5.41, 5.74) is 0.138. The van der Waals surface area contributed by atoms with Crippen LogP contribution in [0.5, 0.6) is 0 Å². The van der Waals surface area contributed by atoms with Gasteiger partial charge in [-0.2, -0.15) is 18.4 Å². The molecule has 1 aliphatic rings. The Kier molecular flexibility index (Phi) is 6.76. The predicted molar refractivity (Wildman–Crippen MR) is 109 cm³/mol. The second kappa shape index (κ2) is 9.13. The number of amides is 1. The van der Waals surface area contributed by atoms with Crippen LogP contribution in [-0.2, 0) is 11.3 Å². The number of thioether (sulfide) groups is 1. The topological polar surface area (TPSA) is 61.9 Å². The van der Waals surface area contributed by atoms with Crippen molar-refractivity contribution in [1.82, 2.24) is 14.5 Å². The van der Waals surface area contributed by atoms with Gasteiger partial charge in [-0.15, -0.1) is 0 Å². The Morgan fingerprint density at radius 2 is 1.93 bits per heavy atom. The number of benzene rings is 1. The standard InChI is InChI=1S/C21H23F3N4OS/c1-27(20(14-25)10-6-3-7-11-20)18(29)13-30-19-26-12-17(16-8-4-2-5-9-16)28(19)15-21(22,23)24/h2,4-5,8-9,12H,3,6-7,10-11,13,15H2,1H3. The zero-order chi connectivity index (χ0) is 21.8. The van der Waals surface area contributed by atoms with Crippen molar-refractivity contribution in [3.05, 3.63) is 36.5 Å². The molecule has 0 bridgehead atoms. The molecular weight excluding hydrogens is 413 g/mol. The number of alkyl halides is 3. The Morgan fingerprint density at radius 3 is 2.53 bits per heavy atom. The minimum absolute atomic E-state index is 0.0803. The summed E-state index contributed by atoms with van der Waals surface area (Å²) in [5.74, 6) is -0.366. The van der Waals surface area contributed by atoms with E-state index in [0.717, 1.165) is 35.6 Å². The lowest BCUT2D eigenvalue weighted by molar-refractivity contribution is -0.141.